The van der Waals surface area contributed by atoms with Gasteiger partial charge in [-0.3, -0.25) is 14.6 Å². The molecule has 0 aliphatic carbocycles. The molecule has 0 bridgehead atoms. The predicted octanol–water partition coefficient (Wildman–Crippen LogP) is 3.72. The van der Waals surface area contributed by atoms with E-state index in [0.717, 1.165) is 0 Å². The number of nitrogens with one attached hydrogen (secondary N) is 1. The molecule has 6 heteroatoms. The molecule has 4 nitrogen and oxygen atoms in total. The van der Waals surface area contributed by atoms with Gasteiger partial charge in [0.05, 0.1) is 21.6 Å². The lowest BCUT2D eigenvalue weighted by atomic mass is 9.75. The molecule has 118 valence electrons. The van der Waals surface area contributed by atoms with Crippen molar-refractivity contribution in [3.05, 3.63) is 62.2 Å². The van der Waals surface area contributed by atoms with E-state index in [-0.39, 0.29) is 11.3 Å². The lowest BCUT2D eigenvalue weighted by Crippen LogP contribution is -2.34. The number of nitrogens with zero attached hydrogens (tertiary/aromatic N) is 1. The first-order chi connectivity index (χ1) is 10.9. The standard InChI is InChI=1S/C17H14BrFN2O2/c1-8-14(9(2)22)15(10-3-4-12(19)11(18)7-10)16-13(21-8)5-6-20-17(16)23/h3-7,14-15H,1-2H3,(H,20,23). The van der Waals surface area contributed by atoms with Crippen molar-refractivity contribution in [1.82, 2.24) is 4.98 Å². The summed E-state index contributed by atoms with van der Waals surface area (Å²) in [7, 11) is 0. The molecule has 1 aliphatic rings. The minimum absolute atomic E-state index is 0.0781. The Labute approximate surface area is 140 Å². The van der Waals surface area contributed by atoms with Crippen LogP contribution in [0.4, 0.5) is 10.1 Å². The molecule has 1 N–H and O–H groups in total. The van der Waals surface area contributed by atoms with Gasteiger partial charge in [-0.05, 0) is 53.5 Å². The number of ketones is 1. The quantitative estimate of drug-likeness (QED) is 0.867. The van der Waals surface area contributed by atoms with Crippen LogP contribution in [-0.2, 0) is 4.79 Å². The molecule has 0 saturated carbocycles. The van der Waals surface area contributed by atoms with Gasteiger partial charge in [0.25, 0.3) is 5.56 Å². The number of aliphatic imine (C=N–C) groups is 1. The predicted molar refractivity (Wildman–Crippen MR) is 89.9 cm³/mol. The normalized spacial score (nSPS) is 19.9. The van der Waals surface area contributed by atoms with Crippen molar-refractivity contribution in [2.24, 2.45) is 10.9 Å². The largest absolute Gasteiger partial charge is 0.329 e. The Morgan fingerprint density at radius 3 is 2.74 bits per heavy atom. The summed E-state index contributed by atoms with van der Waals surface area (Å²) >= 11 is 3.17. The highest BCUT2D eigenvalue weighted by Gasteiger charge is 2.37. The molecule has 0 fully saturated rings. The van der Waals surface area contributed by atoms with E-state index < -0.39 is 17.7 Å². The van der Waals surface area contributed by atoms with Crippen LogP contribution in [0.3, 0.4) is 0 Å². The third kappa shape index (κ3) is 2.67. The van der Waals surface area contributed by atoms with Crippen LogP contribution in [-0.4, -0.2) is 16.5 Å². The van der Waals surface area contributed by atoms with Crippen molar-refractivity contribution in [3.63, 3.8) is 0 Å². The lowest BCUT2D eigenvalue weighted by Gasteiger charge is -2.30. The van der Waals surface area contributed by atoms with Crippen LogP contribution in [0.15, 0.2) is 44.7 Å². The maximum atomic E-state index is 13.6. The summed E-state index contributed by atoms with van der Waals surface area (Å²) in [6.45, 7) is 3.26. The van der Waals surface area contributed by atoms with Gasteiger partial charge in [-0.1, -0.05) is 6.07 Å². The molecule has 1 aromatic carbocycles. The molecule has 0 saturated heterocycles. The maximum absolute atomic E-state index is 13.6. The summed E-state index contributed by atoms with van der Waals surface area (Å²) < 4.78 is 13.9. The van der Waals surface area contributed by atoms with Gasteiger partial charge in [0.15, 0.2) is 0 Å². The minimum Gasteiger partial charge on any atom is -0.329 e. The second kappa shape index (κ2) is 5.85. The first kappa shape index (κ1) is 15.8. The number of halogens is 2. The van der Waals surface area contributed by atoms with Crippen LogP contribution in [0.5, 0.6) is 0 Å². The van der Waals surface area contributed by atoms with Gasteiger partial charge in [0, 0.05) is 17.8 Å². The van der Waals surface area contributed by atoms with Gasteiger partial charge in [-0.2, -0.15) is 0 Å². The third-order valence-corrected chi connectivity index (χ3v) is 4.72. The summed E-state index contributed by atoms with van der Waals surface area (Å²) in [5, 5.41) is 0. The number of H-pyrrole nitrogens is 1. The molecule has 2 atom stereocenters. The van der Waals surface area contributed by atoms with E-state index in [1.54, 1.807) is 25.1 Å². The number of pyridine rings is 1. The van der Waals surface area contributed by atoms with Gasteiger partial charge in [0.2, 0.25) is 0 Å². The fraction of sp³-hybridized carbons (Fsp3) is 0.235. The zero-order valence-electron chi connectivity index (χ0n) is 12.6. The number of carbonyl (C=O) groups excluding carboxylic acids is 1. The molecule has 0 spiro atoms. The van der Waals surface area contributed by atoms with Gasteiger partial charge in [0.1, 0.15) is 11.6 Å². The molecule has 0 radical (unpaired) electrons. The van der Waals surface area contributed by atoms with Crippen LogP contribution >= 0.6 is 15.9 Å². The van der Waals surface area contributed by atoms with E-state index in [9.17, 15) is 14.0 Å². The Hall–Kier alpha value is -2.08. The lowest BCUT2D eigenvalue weighted by molar-refractivity contribution is -0.119. The van der Waals surface area contributed by atoms with Crippen molar-refractivity contribution < 1.29 is 9.18 Å². The summed E-state index contributed by atoms with van der Waals surface area (Å²) in [5.41, 5.74) is 2.06. The molecule has 23 heavy (non-hydrogen) atoms. The molecule has 3 rings (SSSR count). The second-order valence-electron chi connectivity index (χ2n) is 5.60. The minimum atomic E-state index is -0.539. The van der Waals surface area contributed by atoms with Crippen LogP contribution in [0.25, 0.3) is 0 Å². The Balaban J connectivity index is 2.30. The van der Waals surface area contributed by atoms with Crippen molar-refractivity contribution in [1.29, 1.82) is 0 Å². The Morgan fingerprint density at radius 2 is 2.09 bits per heavy atom. The van der Waals surface area contributed by atoms with E-state index in [2.05, 4.69) is 25.9 Å². The number of fused-ring (bicyclic) bond motifs is 1. The van der Waals surface area contributed by atoms with Gasteiger partial charge >= 0.3 is 0 Å². The summed E-state index contributed by atoms with van der Waals surface area (Å²) in [4.78, 5) is 31.6. The highest BCUT2D eigenvalue weighted by molar-refractivity contribution is 9.10. The first-order valence-electron chi connectivity index (χ1n) is 7.12. The highest BCUT2D eigenvalue weighted by atomic mass is 79.9. The Bertz CT molecular complexity index is 888. The number of hydrogen-bond donors (Lipinski definition) is 1. The van der Waals surface area contributed by atoms with Crippen LogP contribution in [0, 0.1) is 11.7 Å². The third-order valence-electron chi connectivity index (χ3n) is 4.11. The molecule has 2 heterocycles. The van der Waals surface area contributed by atoms with Crippen molar-refractivity contribution in [2.45, 2.75) is 19.8 Å². The molecular formula is C17H14BrFN2O2. The summed E-state index contributed by atoms with van der Waals surface area (Å²) in [6, 6.07) is 6.26. The fourth-order valence-corrected chi connectivity index (χ4v) is 3.54. The number of hydrogen-bond acceptors (Lipinski definition) is 3. The highest BCUT2D eigenvalue weighted by Crippen LogP contribution is 2.41. The van der Waals surface area contributed by atoms with E-state index in [1.165, 1.54) is 19.2 Å². The first-order valence-corrected chi connectivity index (χ1v) is 7.91. The molecule has 2 aromatic rings. The van der Waals surface area contributed by atoms with Crippen molar-refractivity contribution in [2.75, 3.05) is 0 Å². The number of carbonyl (C=O) groups is 1. The Morgan fingerprint density at radius 1 is 1.35 bits per heavy atom. The average Bonchev–Trinajstić information content (AvgIpc) is 2.48. The molecule has 0 amide bonds. The monoisotopic (exact) mass is 376 g/mol. The number of aromatic amines is 1. The molecule has 1 aromatic heterocycles. The van der Waals surface area contributed by atoms with Gasteiger partial charge in [-0.25, -0.2) is 4.39 Å². The molecule has 1 aliphatic heterocycles. The summed E-state index contributed by atoms with van der Waals surface area (Å²) in [6.07, 6.45) is 1.53. The van der Waals surface area contributed by atoms with Crippen molar-refractivity contribution in [3.8, 4) is 0 Å². The molecular weight excluding hydrogens is 363 g/mol. The van der Waals surface area contributed by atoms with E-state index in [1.807, 2.05) is 0 Å². The van der Waals surface area contributed by atoms with Crippen LogP contribution in [0.1, 0.15) is 30.9 Å². The van der Waals surface area contributed by atoms with Gasteiger partial charge in [-0.15, -0.1) is 0 Å². The average molecular weight is 377 g/mol. The second-order valence-corrected chi connectivity index (χ2v) is 6.45. The van der Waals surface area contributed by atoms with Crippen LogP contribution in [0.2, 0.25) is 0 Å². The topological polar surface area (TPSA) is 62.3 Å². The molecule has 2 unspecified atom stereocenters. The van der Waals surface area contributed by atoms with Gasteiger partial charge < -0.3 is 4.98 Å². The number of Topliss-reactive ketones (excluding diaryl/α,β-unsaturated/α-hetero) is 1. The Kier molecular flexibility index (Phi) is 4.02. The van der Waals surface area contributed by atoms with Crippen LogP contribution < -0.4 is 5.56 Å². The zero-order chi connectivity index (χ0) is 16.7. The number of benzene rings is 1. The smallest absolute Gasteiger partial charge is 0.253 e. The fourth-order valence-electron chi connectivity index (χ4n) is 3.14. The maximum Gasteiger partial charge on any atom is 0.253 e. The van der Waals surface area contributed by atoms with E-state index in [4.69, 9.17) is 0 Å². The zero-order valence-corrected chi connectivity index (χ0v) is 14.1. The number of rotatable bonds is 2. The van der Waals surface area contributed by atoms with E-state index >= 15 is 0 Å². The SMILES string of the molecule is CC(=O)C1C(C)=Nc2cc[nH]c(=O)c2C1c1ccc(F)c(Br)c1. The summed E-state index contributed by atoms with van der Waals surface area (Å²) in [5.74, 6) is -1.49. The van der Waals surface area contributed by atoms with Crippen molar-refractivity contribution >= 4 is 33.1 Å². The number of aromatic nitrogens is 1. The van der Waals surface area contributed by atoms with E-state index in [0.29, 0.717) is 27.0 Å².